The molecule has 1 aliphatic carbocycles. The van der Waals surface area contributed by atoms with Gasteiger partial charge in [0, 0.05) is 13.1 Å². The largest absolute Gasteiger partial charge is 0.146 e. The molecule has 2 atom stereocenters. The summed E-state index contributed by atoms with van der Waals surface area (Å²) in [4.78, 5) is 0. The first-order valence-corrected chi connectivity index (χ1v) is 8.65. The molecule has 1 saturated carbocycles. The Bertz CT molecular complexity index is 203. The molecule has 14 heavy (non-hydrogen) atoms. The highest BCUT2D eigenvalue weighted by Gasteiger charge is 2.34. The third-order valence-electron chi connectivity index (χ3n) is 3.73. The maximum Gasteiger partial charge on any atom is 0.0740 e. The van der Waals surface area contributed by atoms with Gasteiger partial charge in [-0.3, -0.25) is 0 Å². The maximum absolute atomic E-state index is 13.1. The summed E-state index contributed by atoms with van der Waals surface area (Å²) in [7, 11) is 0.258. The van der Waals surface area contributed by atoms with Gasteiger partial charge in [-0.15, -0.1) is 21.9 Å². The average molecular weight is 215 g/mol. The number of hydrogen-bond acceptors (Lipinski definition) is 1. The zero-order chi connectivity index (χ0) is 10.8. The second kappa shape index (κ2) is 4.58. The molecule has 82 valence electrons. The third-order valence-corrected chi connectivity index (χ3v) is 7.41. The SMILES string of the molecule is C=C[Si](C)(C)C1CCCC(N(C)F)C1. The van der Waals surface area contributed by atoms with E-state index in [1.54, 1.807) is 7.05 Å². The topological polar surface area (TPSA) is 3.24 Å². The predicted octanol–water partition coefficient (Wildman–Crippen LogP) is 3.55. The average Bonchev–Trinajstić information content (AvgIpc) is 2.18. The van der Waals surface area contributed by atoms with Crippen molar-refractivity contribution in [2.75, 3.05) is 7.05 Å². The van der Waals surface area contributed by atoms with E-state index in [0.29, 0.717) is 0 Å². The first-order chi connectivity index (χ1) is 6.47. The van der Waals surface area contributed by atoms with Gasteiger partial charge in [0.15, 0.2) is 0 Å². The standard InChI is InChI=1S/C11H22FNSi/c1-5-14(3,4)11-8-6-7-10(9-11)13(2)12/h5,10-11H,1,6-9H2,2-4H3. The van der Waals surface area contributed by atoms with Crippen LogP contribution >= 0.6 is 0 Å². The van der Waals surface area contributed by atoms with Crippen molar-refractivity contribution in [3.05, 3.63) is 12.3 Å². The highest BCUT2D eigenvalue weighted by atomic mass is 28.3. The Hall–Kier alpha value is -0.153. The molecule has 0 radical (unpaired) electrons. The van der Waals surface area contributed by atoms with Gasteiger partial charge in [-0.2, -0.15) is 0 Å². The van der Waals surface area contributed by atoms with E-state index in [0.717, 1.165) is 23.5 Å². The first-order valence-electron chi connectivity index (χ1n) is 5.49. The molecule has 3 heteroatoms. The molecule has 2 unspecified atom stereocenters. The minimum absolute atomic E-state index is 0.153. The van der Waals surface area contributed by atoms with Crippen LogP contribution in [0, 0.1) is 0 Å². The maximum atomic E-state index is 13.1. The summed E-state index contributed by atoms with van der Waals surface area (Å²) in [6, 6.07) is 0.153. The first kappa shape index (κ1) is 11.9. The van der Waals surface area contributed by atoms with Gasteiger partial charge < -0.3 is 0 Å². The van der Waals surface area contributed by atoms with E-state index in [1.807, 2.05) is 0 Å². The van der Waals surface area contributed by atoms with Gasteiger partial charge in [0.2, 0.25) is 0 Å². The lowest BCUT2D eigenvalue weighted by atomic mass is 9.95. The Kier molecular flexibility index (Phi) is 3.90. The van der Waals surface area contributed by atoms with Gasteiger partial charge in [-0.05, 0) is 18.4 Å². The number of hydrogen-bond donors (Lipinski definition) is 0. The molecule has 0 aliphatic heterocycles. The van der Waals surface area contributed by atoms with Crippen molar-refractivity contribution in [3.8, 4) is 0 Å². The van der Waals surface area contributed by atoms with E-state index in [9.17, 15) is 4.48 Å². The smallest absolute Gasteiger partial charge is 0.0740 e. The Balaban J connectivity index is 2.60. The second-order valence-corrected chi connectivity index (χ2v) is 9.94. The van der Waals surface area contributed by atoms with Gasteiger partial charge in [-0.1, -0.05) is 25.9 Å². The highest BCUT2D eigenvalue weighted by molar-refractivity contribution is 6.83. The molecule has 1 nitrogen and oxygen atoms in total. The molecule has 1 fully saturated rings. The van der Waals surface area contributed by atoms with E-state index in [2.05, 4.69) is 25.4 Å². The van der Waals surface area contributed by atoms with Gasteiger partial charge in [-0.25, -0.2) is 0 Å². The molecule has 0 aromatic heterocycles. The number of halogens is 1. The minimum Gasteiger partial charge on any atom is -0.146 e. The fourth-order valence-corrected chi connectivity index (χ4v) is 4.49. The van der Waals surface area contributed by atoms with Crippen LogP contribution in [0.25, 0.3) is 0 Å². The fraction of sp³-hybridized carbons (Fsp3) is 0.818. The summed E-state index contributed by atoms with van der Waals surface area (Å²) in [5.74, 6) is 0. The highest BCUT2D eigenvalue weighted by Crippen LogP contribution is 2.38. The van der Waals surface area contributed by atoms with Crippen LogP contribution in [0.3, 0.4) is 0 Å². The van der Waals surface area contributed by atoms with Gasteiger partial charge >= 0.3 is 0 Å². The van der Waals surface area contributed by atoms with Crippen LogP contribution in [0.4, 0.5) is 4.48 Å². The molecular weight excluding hydrogens is 193 g/mol. The molecule has 0 spiro atoms. The lowest BCUT2D eigenvalue weighted by molar-refractivity contribution is -0.00692. The van der Waals surface area contributed by atoms with Crippen molar-refractivity contribution in [1.29, 1.82) is 0 Å². The van der Waals surface area contributed by atoms with Crippen molar-refractivity contribution in [1.82, 2.24) is 5.12 Å². The molecule has 0 bridgehead atoms. The van der Waals surface area contributed by atoms with Gasteiger partial charge in [0.05, 0.1) is 8.07 Å². The van der Waals surface area contributed by atoms with Crippen molar-refractivity contribution in [2.45, 2.75) is 50.4 Å². The summed E-state index contributed by atoms with van der Waals surface area (Å²) >= 11 is 0. The molecule has 0 saturated heterocycles. The molecular formula is C11H22FNSi. The van der Waals surface area contributed by atoms with E-state index in [4.69, 9.17) is 0 Å². The van der Waals surface area contributed by atoms with Crippen molar-refractivity contribution in [3.63, 3.8) is 0 Å². The van der Waals surface area contributed by atoms with Crippen molar-refractivity contribution < 1.29 is 4.48 Å². The summed E-state index contributed by atoms with van der Waals surface area (Å²) in [6.07, 6.45) is 4.49. The summed E-state index contributed by atoms with van der Waals surface area (Å²) in [5, 5.41) is 0.903. The van der Waals surface area contributed by atoms with E-state index >= 15 is 0 Å². The normalized spacial score (nSPS) is 29.2. The van der Waals surface area contributed by atoms with Crippen molar-refractivity contribution >= 4 is 8.07 Å². The molecule has 1 rings (SSSR count). The molecule has 0 N–H and O–H groups in total. The predicted molar refractivity (Wildman–Crippen MR) is 62.6 cm³/mol. The zero-order valence-corrected chi connectivity index (χ0v) is 10.6. The third kappa shape index (κ3) is 2.67. The molecule has 1 aliphatic rings. The van der Waals surface area contributed by atoms with Crippen LogP contribution in [0.15, 0.2) is 12.3 Å². The molecule has 0 amide bonds. The Morgan fingerprint density at radius 3 is 2.57 bits per heavy atom. The Morgan fingerprint density at radius 1 is 1.43 bits per heavy atom. The molecule has 0 heterocycles. The lowest BCUT2D eigenvalue weighted by Gasteiger charge is -2.37. The van der Waals surface area contributed by atoms with E-state index in [-0.39, 0.29) is 6.04 Å². The summed E-state index contributed by atoms with van der Waals surface area (Å²) in [6.45, 7) is 8.61. The van der Waals surface area contributed by atoms with Crippen molar-refractivity contribution in [2.24, 2.45) is 0 Å². The Morgan fingerprint density at radius 2 is 2.07 bits per heavy atom. The van der Waals surface area contributed by atoms with Crippen LogP contribution in [0.1, 0.15) is 25.7 Å². The monoisotopic (exact) mass is 215 g/mol. The van der Waals surface area contributed by atoms with E-state index in [1.165, 1.54) is 12.8 Å². The van der Waals surface area contributed by atoms with Crippen LogP contribution in [0.2, 0.25) is 18.6 Å². The van der Waals surface area contributed by atoms with Crippen LogP contribution in [0.5, 0.6) is 0 Å². The summed E-state index contributed by atoms with van der Waals surface area (Å²) in [5.41, 5.74) is 2.87. The Labute approximate surface area is 87.9 Å². The fourth-order valence-electron chi connectivity index (χ4n) is 2.33. The summed E-state index contributed by atoms with van der Waals surface area (Å²) < 4.78 is 13.1. The lowest BCUT2D eigenvalue weighted by Crippen LogP contribution is -2.38. The van der Waals surface area contributed by atoms with Gasteiger partial charge in [0.25, 0.3) is 0 Å². The van der Waals surface area contributed by atoms with E-state index < -0.39 is 8.07 Å². The van der Waals surface area contributed by atoms with Crippen LogP contribution in [-0.4, -0.2) is 26.3 Å². The van der Waals surface area contributed by atoms with Gasteiger partial charge in [0.1, 0.15) is 0 Å². The number of nitrogens with zero attached hydrogens (tertiary/aromatic N) is 1. The van der Waals surface area contributed by atoms with Crippen LogP contribution in [-0.2, 0) is 0 Å². The number of rotatable bonds is 3. The second-order valence-electron chi connectivity index (χ2n) is 5.07. The molecule has 0 aromatic carbocycles. The van der Waals surface area contributed by atoms with Crippen LogP contribution < -0.4 is 0 Å². The zero-order valence-electron chi connectivity index (χ0n) is 9.59. The molecule has 0 aromatic rings. The minimum atomic E-state index is -1.29. The quantitative estimate of drug-likeness (QED) is 0.514.